The van der Waals surface area contributed by atoms with E-state index in [1.165, 1.54) is 0 Å². The lowest BCUT2D eigenvalue weighted by Gasteiger charge is -2.04. The molecule has 6 nitrogen and oxygen atoms in total. The van der Waals surface area contributed by atoms with Crippen LogP contribution in [0, 0.1) is 0 Å². The molecule has 0 aliphatic carbocycles. The fourth-order valence-corrected chi connectivity index (χ4v) is 3.01. The lowest BCUT2D eigenvalue weighted by molar-refractivity contribution is 0.484. The van der Waals surface area contributed by atoms with Crippen LogP contribution in [-0.2, 0) is 20.1 Å². The van der Waals surface area contributed by atoms with Gasteiger partial charge in [0.25, 0.3) is 10.1 Å². The van der Waals surface area contributed by atoms with E-state index in [4.69, 9.17) is 4.55 Å². The third kappa shape index (κ3) is 8.42. The summed E-state index contributed by atoms with van der Waals surface area (Å²) in [6.45, 7) is 2.21. The highest BCUT2D eigenvalue weighted by Gasteiger charge is 2.14. The predicted molar refractivity (Wildman–Crippen MR) is 53.1 cm³/mol. The topological polar surface area (TPSA) is 101 Å². The van der Waals surface area contributed by atoms with Crippen molar-refractivity contribution >= 4 is 20.1 Å². The van der Waals surface area contributed by atoms with Gasteiger partial charge in [-0.25, -0.2) is 13.1 Å². The van der Waals surface area contributed by atoms with Gasteiger partial charge in [0.05, 0.1) is 11.5 Å². The van der Waals surface area contributed by atoms with Crippen molar-refractivity contribution in [2.45, 2.75) is 19.8 Å². The SMILES string of the molecule is CCCCNS(=O)(=O)CCS(=O)(=O)O. The molecule has 2 N–H and O–H groups in total. The molecular weight excluding hydrogens is 230 g/mol. The third-order valence-corrected chi connectivity index (χ3v) is 3.83. The van der Waals surface area contributed by atoms with E-state index in [-0.39, 0.29) is 0 Å². The molecule has 0 radical (unpaired) electrons. The summed E-state index contributed by atoms with van der Waals surface area (Å²) in [5.74, 6) is -1.37. The van der Waals surface area contributed by atoms with Crippen LogP contribution >= 0.6 is 0 Å². The number of hydrogen-bond acceptors (Lipinski definition) is 4. The monoisotopic (exact) mass is 245 g/mol. The van der Waals surface area contributed by atoms with Crippen molar-refractivity contribution < 1.29 is 21.4 Å². The first-order valence-electron chi connectivity index (χ1n) is 4.19. The first kappa shape index (κ1) is 13.8. The first-order valence-corrected chi connectivity index (χ1v) is 7.45. The summed E-state index contributed by atoms with van der Waals surface area (Å²) in [6, 6.07) is 0. The average Bonchev–Trinajstić information content (AvgIpc) is 2.00. The molecule has 0 aliphatic rings. The Hall–Kier alpha value is -0.180. The van der Waals surface area contributed by atoms with Crippen molar-refractivity contribution in [3.63, 3.8) is 0 Å². The summed E-state index contributed by atoms with van der Waals surface area (Å²) in [5, 5.41) is 0. The van der Waals surface area contributed by atoms with Crippen LogP contribution in [0.1, 0.15) is 19.8 Å². The number of hydrogen-bond donors (Lipinski definition) is 2. The molecule has 0 aromatic heterocycles. The largest absolute Gasteiger partial charge is 0.286 e. The molecule has 0 saturated heterocycles. The second-order valence-corrected chi connectivity index (χ2v) is 6.35. The van der Waals surface area contributed by atoms with Gasteiger partial charge >= 0.3 is 0 Å². The van der Waals surface area contributed by atoms with Crippen molar-refractivity contribution in [1.29, 1.82) is 0 Å². The highest BCUT2D eigenvalue weighted by molar-refractivity contribution is 7.91. The second kappa shape index (κ2) is 5.64. The minimum absolute atomic E-state index is 0.296. The standard InChI is InChI=1S/C6H15NO5S2/c1-2-3-4-7-13(8,9)5-6-14(10,11)12/h7H,2-6H2,1H3,(H,10,11,12). The van der Waals surface area contributed by atoms with E-state index in [0.717, 1.165) is 6.42 Å². The minimum atomic E-state index is -4.21. The molecule has 0 unspecified atom stereocenters. The molecule has 0 aliphatic heterocycles. The Bertz CT molecular complexity index is 344. The summed E-state index contributed by atoms with van der Waals surface area (Å²) in [6.07, 6.45) is 1.55. The average molecular weight is 245 g/mol. The Morgan fingerprint density at radius 3 is 2.14 bits per heavy atom. The van der Waals surface area contributed by atoms with Gasteiger partial charge in [0, 0.05) is 6.54 Å². The number of rotatable bonds is 7. The molecule has 0 heterocycles. The van der Waals surface area contributed by atoms with Gasteiger partial charge in [-0.05, 0) is 6.42 Å². The van der Waals surface area contributed by atoms with Gasteiger partial charge < -0.3 is 0 Å². The fourth-order valence-electron chi connectivity index (χ4n) is 0.692. The number of unbranched alkanes of at least 4 members (excludes halogenated alkanes) is 1. The van der Waals surface area contributed by atoms with Crippen LogP contribution in [0.2, 0.25) is 0 Å². The highest BCUT2D eigenvalue weighted by atomic mass is 32.2. The Morgan fingerprint density at radius 2 is 1.71 bits per heavy atom. The van der Waals surface area contributed by atoms with Crippen LogP contribution in [0.5, 0.6) is 0 Å². The summed E-state index contributed by atoms with van der Waals surface area (Å²) in [5.41, 5.74) is 0. The van der Waals surface area contributed by atoms with Crippen LogP contribution in [0.3, 0.4) is 0 Å². The van der Waals surface area contributed by atoms with Gasteiger partial charge in [-0.3, -0.25) is 4.55 Å². The van der Waals surface area contributed by atoms with Gasteiger partial charge in [-0.1, -0.05) is 13.3 Å². The van der Waals surface area contributed by atoms with Crippen molar-refractivity contribution in [3.8, 4) is 0 Å². The smallest absolute Gasteiger partial charge is 0.265 e. The zero-order valence-corrected chi connectivity index (χ0v) is 9.57. The maximum atomic E-state index is 11.1. The zero-order chi connectivity index (χ0) is 11.2. The van der Waals surface area contributed by atoms with Gasteiger partial charge in [-0.15, -0.1) is 0 Å². The van der Waals surface area contributed by atoms with Crippen LogP contribution in [0.4, 0.5) is 0 Å². The van der Waals surface area contributed by atoms with Crippen molar-refractivity contribution in [2.24, 2.45) is 0 Å². The van der Waals surface area contributed by atoms with Gasteiger partial charge in [0.1, 0.15) is 0 Å². The first-order chi connectivity index (χ1) is 6.27. The molecule has 0 saturated carbocycles. The third-order valence-electron chi connectivity index (χ3n) is 1.46. The maximum Gasteiger partial charge on any atom is 0.265 e. The molecule has 0 aromatic rings. The highest BCUT2D eigenvalue weighted by Crippen LogP contribution is 1.91. The van der Waals surface area contributed by atoms with Gasteiger partial charge in [0.15, 0.2) is 0 Å². The van der Waals surface area contributed by atoms with Gasteiger partial charge in [0.2, 0.25) is 10.0 Å². The van der Waals surface area contributed by atoms with Gasteiger partial charge in [-0.2, -0.15) is 8.42 Å². The zero-order valence-electron chi connectivity index (χ0n) is 7.93. The van der Waals surface area contributed by atoms with E-state index in [2.05, 4.69) is 4.72 Å². The molecule has 0 aromatic carbocycles. The molecule has 14 heavy (non-hydrogen) atoms. The number of sulfonamides is 1. The molecule has 86 valence electrons. The Balaban J connectivity index is 3.97. The predicted octanol–water partition coefficient (Wildman–Crippen LogP) is -0.406. The minimum Gasteiger partial charge on any atom is -0.286 e. The lowest BCUT2D eigenvalue weighted by Crippen LogP contribution is -2.30. The molecule has 0 fully saturated rings. The maximum absolute atomic E-state index is 11.1. The van der Waals surface area contributed by atoms with E-state index < -0.39 is 31.6 Å². The molecular formula is C6H15NO5S2. The second-order valence-electron chi connectivity index (χ2n) is 2.85. The molecule has 8 heteroatoms. The van der Waals surface area contributed by atoms with E-state index >= 15 is 0 Å². The van der Waals surface area contributed by atoms with E-state index in [1.807, 2.05) is 6.92 Å². The van der Waals surface area contributed by atoms with E-state index in [9.17, 15) is 16.8 Å². The Labute approximate surface area is 84.5 Å². The molecule has 0 bridgehead atoms. The molecule has 0 spiro atoms. The fraction of sp³-hybridized carbons (Fsp3) is 1.00. The van der Waals surface area contributed by atoms with Crippen LogP contribution in [0.25, 0.3) is 0 Å². The lowest BCUT2D eigenvalue weighted by atomic mass is 10.3. The van der Waals surface area contributed by atoms with Crippen molar-refractivity contribution in [1.82, 2.24) is 4.72 Å². The van der Waals surface area contributed by atoms with Crippen molar-refractivity contribution in [2.75, 3.05) is 18.1 Å². The van der Waals surface area contributed by atoms with E-state index in [1.54, 1.807) is 0 Å². The summed E-state index contributed by atoms with van der Waals surface area (Å²) < 4.78 is 53.2. The van der Waals surface area contributed by atoms with E-state index in [0.29, 0.717) is 13.0 Å². The summed E-state index contributed by atoms with van der Waals surface area (Å²) >= 11 is 0. The Kier molecular flexibility index (Phi) is 5.57. The summed E-state index contributed by atoms with van der Waals surface area (Å²) in [7, 11) is -7.78. The summed E-state index contributed by atoms with van der Waals surface area (Å²) in [4.78, 5) is 0. The Morgan fingerprint density at radius 1 is 1.14 bits per heavy atom. The molecule has 0 atom stereocenters. The quantitative estimate of drug-likeness (QED) is 0.469. The molecule has 0 amide bonds. The van der Waals surface area contributed by atoms with Crippen LogP contribution in [0.15, 0.2) is 0 Å². The number of nitrogens with one attached hydrogen (secondary N) is 1. The van der Waals surface area contributed by atoms with Crippen LogP contribution < -0.4 is 4.72 Å². The molecule has 0 rings (SSSR count). The normalized spacial score (nSPS) is 13.0. The van der Waals surface area contributed by atoms with Crippen molar-refractivity contribution in [3.05, 3.63) is 0 Å². The van der Waals surface area contributed by atoms with Crippen LogP contribution in [-0.4, -0.2) is 39.4 Å².